The van der Waals surface area contributed by atoms with Gasteiger partial charge in [0.15, 0.2) is 0 Å². The number of amides is 2. The summed E-state index contributed by atoms with van der Waals surface area (Å²) in [5.41, 5.74) is 2.31. The van der Waals surface area contributed by atoms with E-state index in [1.807, 2.05) is 30.3 Å². The predicted octanol–water partition coefficient (Wildman–Crippen LogP) is 3.31. The van der Waals surface area contributed by atoms with E-state index in [0.717, 1.165) is 22.2 Å². The summed E-state index contributed by atoms with van der Waals surface area (Å²) in [7, 11) is 1.62. The lowest BCUT2D eigenvalue weighted by molar-refractivity contribution is -0.135. The molecule has 1 N–H and O–H groups in total. The summed E-state index contributed by atoms with van der Waals surface area (Å²) in [4.78, 5) is 31.9. The number of hydrogen-bond donors (Lipinski definition) is 1. The van der Waals surface area contributed by atoms with Crippen LogP contribution in [0, 0.1) is 0 Å². The second-order valence-corrected chi connectivity index (χ2v) is 7.24. The number of benzene rings is 2. The Labute approximate surface area is 167 Å². The van der Waals surface area contributed by atoms with Crippen molar-refractivity contribution in [3.05, 3.63) is 64.8 Å². The zero-order valence-corrected chi connectivity index (χ0v) is 16.2. The molecule has 144 valence electrons. The molecule has 0 bridgehead atoms. The summed E-state index contributed by atoms with van der Waals surface area (Å²) in [5.74, 6) is 0.515. The van der Waals surface area contributed by atoms with E-state index in [1.165, 1.54) is 0 Å². The van der Waals surface area contributed by atoms with Crippen LogP contribution in [-0.2, 0) is 11.3 Å². The molecular formula is C21H20ClN3O3. The highest BCUT2D eigenvalue weighted by Gasteiger charge is 2.28. The van der Waals surface area contributed by atoms with Crippen molar-refractivity contribution in [2.75, 3.05) is 26.7 Å². The molecule has 0 saturated carbocycles. The Morgan fingerprint density at radius 3 is 2.82 bits per heavy atom. The van der Waals surface area contributed by atoms with Crippen molar-refractivity contribution in [3.8, 4) is 5.75 Å². The van der Waals surface area contributed by atoms with Crippen molar-refractivity contribution < 1.29 is 14.3 Å². The Morgan fingerprint density at radius 2 is 2.04 bits per heavy atom. The molecular weight excluding hydrogens is 378 g/mol. The number of piperazine rings is 1. The molecule has 0 unspecified atom stereocenters. The van der Waals surface area contributed by atoms with Crippen LogP contribution in [0.1, 0.15) is 16.1 Å². The van der Waals surface area contributed by atoms with E-state index in [1.54, 1.807) is 35.1 Å². The molecule has 2 amide bonds. The summed E-state index contributed by atoms with van der Waals surface area (Å²) < 4.78 is 5.23. The van der Waals surface area contributed by atoms with E-state index in [2.05, 4.69) is 4.98 Å². The van der Waals surface area contributed by atoms with E-state index in [4.69, 9.17) is 16.3 Å². The fraction of sp³-hybridized carbons (Fsp3) is 0.238. The van der Waals surface area contributed by atoms with Crippen LogP contribution < -0.4 is 4.74 Å². The van der Waals surface area contributed by atoms with Gasteiger partial charge in [0, 0.05) is 35.6 Å². The Balaban J connectivity index is 1.44. The zero-order valence-electron chi connectivity index (χ0n) is 15.4. The first-order valence-corrected chi connectivity index (χ1v) is 9.39. The smallest absolute Gasteiger partial charge is 0.270 e. The van der Waals surface area contributed by atoms with Gasteiger partial charge in [-0.2, -0.15) is 0 Å². The average molecular weight is 398 g/mol. The van der Waals surface area contributed by atoms with E-state index in [-0.39, 0.29) is 18.4 Å². The van der Waals surface area contributed by atoms with Crippen LogP contribution in [0.5, 0.6) is 5.75 Å². The summed E-state index contributed by atoms with van der Waals surface area (Å²) >= 11 is 6.01. The lowest BCUT2D eigenvalue weighted by Crippen LogP contribution is -2.51. The van der Waals surface area contributed by atoms with E-state index < -0.39 is 0 Å². The standard InChI is InChI=1S/C21H20ClN3O3/c1-28-17-4-2-3-14(9-17)12-24-7-8-25(13-20(24)26)21(27)19-11-15-10-16(22)5-6-18(15)23-19/h2-6,9-11,23H,7-8,12-13H2,1H3. The first-order valence-electron chi connectivity index (χ1n) is 9.02. The van der Waals surface area contributed by atoms with Crippen LogP contribution in [0.2, 0.25) is 5.02 Å². The van der Waals surface area contributed by atoms with Gasteiger partial charge < -0.3 is 19.5 Å². The van der Waals surface area contributed by atoms with Gasteiger partial charge in [0.1, 0.15) is 18.0 Å². The minimum Gasteiger partial charge on any atom is -0.497 e. The number of fused-ring (bicyclic) bond motifs is 1. The first-order chi connectivity index (χ1) is 13.5. The van der Waals surface area contributed by atoms with Gasteiger partial charge >= 0.3 is 0 Å². The molecule has 0 atom stereocenters. The Morgan fingerprint density at radius 1 is 1.18 bits per heavy atom. The number of carbonyl (C=O) groups is 2. The van der Waals surface area contributed by atoms with Gasteiger partial charge in [0.05, 0.1) is 7.11 Å². The molecule has 28 heavy (non-hydrogen) atoms. The van der Waals surface area contributed by atoms with Gasteiger partial charge in [0.25, 0.3) is 5.91 Å². The molecule has 1 aliphatic heterocycles. The summed E-state index contributed by atoms with van der Waals surface area (Å²) in [5, 5.41) is 1.49. The minimum absolute atomic E-state index is 0.0680. The molecule has 1 aromatic heterocycles. The lowest BCUT2D eigenvalue weighted by Gasteiger charge is -2.34. The van der Waals surface area contributed by atoms with E-state index in [9.17, 15) is 9.59 Å². The van der Waals surface area contributed by atoms with Crippen LogP contribution in [0.4, 0.5) is 0 Å². The van der Waals surface area contributed by atoms with Crippen LogP contribution in [0.25, 0.3) is 10.9 Å². The molecule has 1 saturated heterocycles. The van der Waals surface area contributed by atoms with Gasteiger partial charge in [-0.05, 0) is 42.0 Å². The maximum absolute atomic E-state index is 12.8. The summed E-state index contributed by atoms with van der Waals surface area (Å²) in [6, 6.07) is 14.8. The molecule has 1 aliphatic rings. The number of hydrogen-bond acceptors (Lipinski definition) is 3. The van der Waals surface area contributed by atoms with Crippen molar-refractivity contribution in [1.29, 1.82) is 0 Å². The molecule has 0 spiro atoms. The normalized spacial score (nSPS) is 14.6. The molecule has 6 nitrogen and oxygen atoms in total. The van der Waals surface area contributed by atoms with Crippen molar-refractivity contribution in [2.24, 2.45) is 0 Å². The number of ether oxygens (including phenoxy) is 1. The number of aromatic nitrogens is 1. The maximum Gasteiger partial charge on any atom is 0.270 e. The first kappa shape index (κ1) is 18.4. The van der Waals surface area contributed by atoms with Crippen LogP contribution in [-0.4, -0.2) is 53.3 Å². The average Bonchev–Trinajstić information content (AvgIpc) is 3.12. The van der Waals surface area contributed by atoms with Gasteiger partial charge in [-0.3, -0.25) is 9.59 Å². The third kappa shape index (κ3) is 3.68. The van der Waals surface area contributed by atoms with Crippen molar-refractivity contribution >= 4 is 34.3 Å². The monoisotopic (exact) mass is 397 g/mol. The van der Waals surface area contributed by atoms with Gasteiger partial charge in [-0.25, -0.2) is 0 Å². The second-order valence-electron chi connectivity index (χ2n) is 6.81. The molecule has 7 heteroatoms. The Hall–Kier alpha value is -2.99. The molecule has 4 rings (SSSR count). The largest absolute Gasteiger partial charge is 0.497 e. The lowest BCUT2D eigenvalue weighted by atomic mass is 10.1. The molecule has 1 fully saturated rings. The number of nitrogens with zero attached hydrogens (tertiary/aromatic N) is 2. The minimum atomic E-state index is -0.179. The second kappa shape index (κ2) is 7.56. The fourth-order valence-corrected chi connectivity index (χ4v) is 3.61. The van der Waals surface area contributed by atoms with Crippen molar-refractivity contribution in [2.45, 2.75) is 6.54 Å². The molecule has 0 aliphatic carbocycles. The van der Waals surface area contributed by atoms with Gasteiger partial charge in [0.2, 0.25) is 5.91 Å². The molecule has 2 heterocycles. The number of carbonyl (C=O) groups excluding carboxylic acids is 2. The quantitative estimate of drug-likeness (QED) is 0.734. The van der Waals surface area contributed by atoms with Crippen LogP contribution >= 0.6 is 11.6 Å². The number of H-pyrrole nitrogens is 1. The number of rotatable bonds is 4. The topological polar surface area (TPSA) is 65.6 Å². The van der Waals surface area contributed by atoms with Crippen LogP contribution in [0.15, 0.2) is 48.5 Å². The van der Waals surface area contributed by atoms with E-state index in [0.29, 0.717) is 30.4 Å². The number of halogens is 1. The third-order valence-corrected chi connectivity index (χ3v) is 5.16. The highest BCUT2D eigenvalue weighted by Crippen LogP contribution is 2.22. The van der Waals surface area contributed by atoms with Crippen molar-refractivity contribution in [1.82, 2.24) is 14.8 Å². The molecule has 2 aromatic carbocycles. The fourth-order valence-electron chi connectivity index (χ4n) is 3.43. The van der Waals surface area contributed by atoms with Crippen molar-refractivity contribution in [3.63, 3.8) is 0 Å². The number of aromatic amines is 1. The van der Waals surface area contributed by atoms with Crippen LogP contribution in [0.3, 0.4) is 0 Å². The maximum atomic E-state index is 12.8. The Kier molecular flexibility index (Phi) is 4.96. The molecule has 0 radical (unpaired) electrons. The number of methoxy groups -OCH3 is 1. The number of nitrogens with one attached hydrogen (secondary N) is 1. The Bertz CT molecular complexity index is 1050. The SMILES string of the molecule is COc1cccc(CN2CCN(C(=O)c3cc4cc(Cl)ccc4[nH]3)CC2=O)c1. The van der Waals surface area contributed by atoms with Gasteiger partial charge in [-0.1, -0.05) is 23.7 Å². The highest BCUT2D eigenvalue weighted by molar-refractivity contribution is 6.31. The summed E-state index contributed by atoms with van der Waals surface area (Å²) in [6.07, 6.45) is 0. The van der Waals surface area contributed by atoms with Gasteiger partial charge in [-0.15, -0.1) is 0 Å². The zero-order chi connectivity index (χ0) is 19.7. The van der Waals surface area contributed by atoms with E-state index >= 15 is 0 Å². The molecule has 3 aromatic rings. The third-order valence-electron chi connectivity index (χ3n) is 4.93. The highest BCUT2D eigenvalue weighted by atomic mass is 35.5. The predicted molar refractivity (Wildman–Crippen MR) is 108 cm³/mol. The summed E-state index contributed by atoms with van der Waals surface area (Å²) in [6.45, 7) is 1.56.